The summed E-state index contributed by atoms with van der Waals surface area (Å²) in [6, 6.07) is 0. The molecule has 0 saturated heterocycles. The number of hydrogen-bond donors (Lipinski definition) is 0. The monoisotopic (exact) mass is 372 g/mol. The molecule has 16 heavy (non-hydrogen) atoms. The van der Waals surface area contributed by atoms with Crippen molar-refractivity contribution in [3.8, 4) is 0 Å². The Morgan fingerprint density at radius 3 is 2.12 bits per heavy atom. The second-order valence-corrected chi connectivity index (χ2v) is 5.64. The molecule has 0 spiro atoms. The first-order valence-corrected chi connectivity index (χ1v) is 6.87. The zero-order chi connectivity index (χ0) is 11.8. The maximum atomic E-state index is 6.02. The van der Waals surface area contributed by atoms with Crippen molar-refractivity contribution in [2.75, 3.05) is 7.11 Å². The summed E-state index contributed by atoms with van der Waals surface area (Å²) < 4.78 is 6.28. The molecule has 1 aromatic rings. The summed E-state index contributed by atoms with van der Waals surface area (Å²) >= 11 is 14.1. The number of ether oxygens (including phenoxy) is 1. The van der Waals surface area contributed by atoms with E-state index in [4.69, 9.17) is 27.9 Å². The minimum Gasteiger partial charge on any atom is -0.370 e. The molecule has 0 aromatic carbocycles. The summed E-state index contributed by atoms with van der Waals surface area (Å²) in [4.78, 5) is 8.59. The van der Waals surface area contributed by atoms with Crippen LogP contribution in [-0.2, 0) is 10.3 Å². The Hall–Kier alpha value is 0.350. The SMILES string of the molecule is COC1(c2nc(Cl)c(I)c(Cl)n2)CCCC1. The number of aromatic nitrogens is 2. The average molecular weight is 373 g/mol. The molecule has 1 aliphatic rings. The lowest BCUT2D eigenvalue weighted by Crippen LogP contribution is -2.27. The molecule has 1 saturated carbocycles. The van der Waals surface area contributed by atoms with Crippen molar-refractivity contribution in [1.82, 2.24) is 9.97 Å². The van der Waals surface area contributed by atoms with Crippen molar-refractivity contribution in [2.24, 2.45) is 0 Å². The molecule has 0 bridgehead atoms. The molecule has 1 fully saturated rings. The molecule has 0 aliphatic heterocycles. The Bertz CT molecular complexity index is 385. The van der Waals surface area contributed by atoms with Gasteiger partial charge in [-0.3, -0.25) is 0 Å². The van der Waals surface area contributed by atoms with Gasteiger partial charge in [0.1, 0.15) is 15.9 Å². The summed E-state index contributed by atoms with van der Waals surface area (Å²) in [6.45, 7) is 0. The van der Waals surface area contributed by atoms with Gasteiger partial charge in [-0.05, 0) is 48.3 Å². The molecule has 88 valence electrons. The van der Waals surface area contributed by atoms with Crippen LogP contribution in [0.4, 0.5) is 0 Å². The topological polar surface area (TPSA) is 35.0 Å². The van der Waals surface area contributed by atoms with E-state index in [2.05, 4.69) is 9.97 Å². The van der Waals surface area contributed by atoms with Crippen LogP contribution in [0, 0.1) is 3.57 Å². The Morgan fingerprint density at radius 1 is 1.19 bits per heavy atom. The lowest BCUT2D eigenvalue weighted by Gasteiger charge is -2.25. The summed E-state index contributed by atoms with van der Waals surface area (Å²) in [5.41, 5.74) is -0.391. The van der Waals surface area contributed by atoms with Crippen LogP contribution in [0.25, 0.3) is 0 Å². The van der Waals surface area contributed by atoms with E-state index in [1.54, 1.807) is 7.11 Å². The van der Waals surface area contributed by atoms with Crippen molar-refractivity contribution < 1.29 is 4.74 Å². The Morgan fingerprint density at radius 2 is 1.69 bits per heavy atom. The number of hydrogen-bond acceptors (Lipinski definition) is 3. The second-order valence-electron chi connectivity index (χ2n) is 3.85. The summed E-state index contributed by atoms with van der Waals surface area (Å²) in [5, 5.41) is 0.804. The fourth-order valence-corrected chi connectivity index (χ4v) is 2.69. The molecule has 0 amide bonds. The largest absolute Gasteiger partial charge is 0.370 e. The van der Waals surface area contributed by atoms with E-state index in [1.807, 2.05) is 22.6 Å². The smallest absolute Gasteiger partial charge is 0.163 e. The molecule has 6 heteroatoms. The molecule has 1 aromatic heterocycles. The van der Waals surface area contributed by atoms with Crippen molar-refractivity contribution in [1.29, 1.82) is 0 Å². The van der Waals surface area contributed by atoms with Gasteiger partial charge in [-0.25, -0.2) is 9.97 Å². The normalized spacial score (nSPS) is 19.0. The molecule has 1 heterocycles. The predicted molar refractivity (Wildman–Crippen MR) is 71.9 cm³/mol. The maximum Gasteiger partial charge on any atom is 0.163 e. The predicted octanol–water partition coefficient (Wildman–Crippen LogP) is 3.80. The highest BCUT2D eigenvalue weighted by Crippen LogP contribution is 2.41. The van der Waals surface area contributed by atoms with E-state index in [9.17, 15) is 0 Å². The highest BCUT2D eigenvalue weighted by atomic mass is 127. The minimum atomic E-state index is -0.391. The Labute approximate surface area is 118 Å². The Balaban J connectivity index is 2.47. The van der Waals surface area contributed by atoms with Gasteiger partial charge in [0.05, 0.1) is 3.57 Å². The van der Waals surface area contributed by atoms with Gasteiger partial charge in [0, 0.05) is 7.11 Å². The number of rotatable bonds is 2. The second kappa shape index (κ2) is 4.92. The zero-order valence-corrected chi connectivity index (χ0v) is 12.4. The lowest BCUT2D eigenvalue weighted by molar-refractivity contribution is -0.0163. The van der Waals surface area contributed by atoms with Gasteiger partial charge in [-0.2, -0.15) is 0 Å². The van der Waals surface area contributed by atoms with Crippen LogP contribution in [0.3, 0.4) is 0 Å². The first kappa shape index (κ1) is 12.8. The first-order valence-electron chi connectivity index (χ1n) is 5.03. The van der Waals surface area contributed by atoms with Gasteiger partial charge in [0.2, 0.25) is 0 Å². The van der Waals surface area contributed by atoms with Gasteiger partial charge in [-0.15, -0.1) is 0 Å². The average Bonchev–Trinajstić information content (AvgIpc) is 2.75. The molecule has 0 atom stereocenters. The summed E-state index contributed by atoms with van der Waals surface area (Å²) in [7, 11) is 1.69. The van der Waals surface area contributed by atoms with Crippen LogP contribution in [0.15, 0.2) is 0 Å². The number of methoxy groups -OCH3 is 1. The third-order valence-corrected chi connectivity index (χ3v) is 5.19. The molecular weight excluding hydrogens is 362 g/mol. The molecule has 0 N–H and O–H groups in total. The fraction of sp³-hybridized carbons (Fsp3) is 0.600. The molecule has 0 radical (unpaired) electrons. The maximum absolute atomic E-state index is 6.02. The number of nitrogens with zero attached hydrogens (tertiary/aromatic N) is 2. The summed E-state index contributed by atoms with van der Waals surface area (Å²) in [5.74, 6) is 0.614. The Kier molecular flexibility index (Phi) is 3.93. The van der Waals surface area contributed by atoms with E-state index < -0.39 is 5.60 Å². The van der Waals surface area contributed by atoms with E-state index in [0.29, 0.717) is 19.7 Å². The fourth-order valence-electron chi connectivity index (χ4n) is 2.06. The summed E-state index contributed by atoms with van der Waals surface area (Å²) in [6.07, 6.45) is 4.10. The van der Waals surface area contributed by atoms with Crippen molar-refractivity contribution in [3.05, 3.63) is 19.7 Å². The van der Waals surface area contributed by atoms with Crippen LogP contribution in [0.2, 0.25) is 10.3 Å². The third-order valence-electron chi connectivity index (χ3n) is 2.98. The van der Waals surface area contributed by atoms with E-state index >= 15 is 0 Å². The van der Waals surface area contributed by atoms with Crippen molar-refractivity contribution >= 4 is 45.8 Å². The van der Waals surface area contributed by atoms with Crippen LogP contribution >= 0.6 is 45.8 Å². The quantitative estimate of drug-likeness (QED) is 0.585. The molecule has 0 unspecified atom stereocenters. The van der Waals surface area contributed by atoms with Crippen molar-refractivity contribution in [3.63, 3.8) is 0 Å². The van der Waals surface area contributed by atoms with E-state index in [-0.39, 0.29) is 0 Å². The van der Waals surface area contributed by atoms with Crippen LogP contribution in [0.1, 0.15) is 31.5 Å². The van der Waals surface area contributed by atoms with Crippen LogP contribution in [0.5, 0.6) is 0 Å². The third kappa shape index (κ3) is 2.17. The minimum absolute atomic E-state index is 0.391. The lowest BCUT2D eigenvalue weighted by atomic mass is 10.0. The van der Waals surface area contributed by atoms with Gasteiger partial charge in [0.15, 0.2) is 5.82 Å². The van der Waals surface area contributed by atoms with Crippen LogP contribution < -0.4 is 0 Å². The molecule has 3 nitrogen and oxygen atoms in total. The van der Waals surface area contributed by atoms with Crippen LogP contribution in [-0.4, -0.2) is 17.1 Å². The molecule has 2 rings (SSSR count). The van der Waals surface area contributed by atoms with Gasteiger partial charge >= 0.3 is 0 Å². The molecule has 1 aliphatic carbocycles. The van der Waals surface area contributed by atoms with E-state index in [1.165, 1.54) is 0 Å². The highest BCUT2D eigenvalue weighted by molar-refractivity contribution is 14.1. The van der Waals surface area contributed by atoms with Gasteiger partial charge < -0.3 is 4.74 Å². The van der Waals surface area contributed by atoms with Gasteiger partial charge in [0.25, 0.3) is 0 Å². The molecular formula is C10H11Cl2IN2O. The number of halogens is 3. The first-order chi connectivity index (χ1) is 7.59. The standard InChI is InChI=1S/C10H11Cl2IN2O/c1-16-10(4-2-3-5-10)9-14-7(11)6(13)8(12)15-9/h2-5H2,1H3. The highest BCUT2D eigenvalue weighted by Gasteiger charge is 2.39. The van der Waals surface area contributed by atoms with E-state index in [0.717, 1.165) is 25.7 Å². The van der Waals surface area contributed by atoms with Gasteiger partial charge in [-0.1, -0.05) is 23.2 Å². The van der Waals surface area contributed by atoms with Crippen molar-refractivity contribution in [2.45, 2.75) is 31.3 Å². The zero-order valence-electron chi connectivity index (χ0n) is 8.76.